The van der Waals surface area contributed by atoms with Gasteiger partial charge in [-0.1, -0.05) is 17.9 Å². The number of ether oxygens (including phenoxy) is 1. The van der Waals surface area contributed by atoms with Crippen LogP contribution in [0.4, 0.5) is 21.6 Å². The Morgan fingerprint density at radius 3 is 2.78 bits per heavy atom. The summed E-state index contributed by atoms with van der Waals surface area (Å²) in [5, 5.41) is 9.94. The van der Waals surface area contributed by atoms with E-state index in [0.29, 0.717) is 48.6 Å². The van der Waals surface area contributed by atoms with Gasteiger partial charge in [0.2, 0.25) is 5.91 Å². The maximum absolute atomic E-state index is 12.7. The predicted octanol–water partition coefficient (Wildman–Crippen LogP) is 3.40. The number of allylic oxidation sites excluding steroid dienone is 2. The highest BCUT2D eigenvalue weighted by Gasteiger charge is 2.36. The number of aryl methyl sites for hydroxylation is 1. The number of aromatic nitrogens is 3. The number of rotatable bonds is 9. The molecule has 0 unspecified atom stereocenters. The number of nitrogens with zero attached hydrogens (tertiary/aromatic N) is 4. The van der Waals surface area contributed by atoms with Gasteiger partial charge in [-0.05, 0) is 58.4 Å². The molecule has 2 aromatic heterocycles. The van der Waals surface area contributed by atoms with Gasteiger partial charge in [0.1, 0.15) is 29.1 Å². The third kappa shape index (κ3) is 7.67. The van der Waals surface area contributed by atoms with Crippen LogP contribution in [0.1, 0.15) is 44.3 Å². The average molecular weight is 515 g/mol. The molecule has 0 aliphatic carbocycles. The van der Waals surface area contributed by atoms with Crippen molar-refractivity contribution in [1.82, 2.24) is 25.2 Å². The number of amides is 2. The molecule has 1 saturated heterocycles. The largest absolute Gasteiger partial charge is 0.444 e. The summed E-state index contributed by atoms with van der Waals surface area (Å²) < 4.78 is 5.43. The highest BCUT2D eigenvalue weighted by molar-refractivity contribution is 7.16. The Morgan fingerprint density at radius 2 is 2.06 bits per heavy atom. The third-order valence-electron chi connectivity index (χ3n) is 5.11. The second-order valence-electron chi connectivity index (χ2n) is 9.27. The van der Waals surface area contributed by atoms with Crippen molar-refractivity contribution in [3.63, 3.8) is 0 Å². The van der Waals surface area contributed by atoms with Crippen LogP contribution in [0.5, 0.6) is 0 Å². The van der Waals surface area contributed by atoms with Crippen LogP contribution in [0.2, 0.25) is 0 Å². The van der Waals surface area contributed by atoms with Crippen LogP contribution >= 0.6 is 11.3 Å². The van der Waals surface area contributed by atoms with Gasteiger partial charge in [0.25, 0.3) is 0 Å². The fourth-order valence-electron chi connectivity index (χ4n) is 3.58. The molecule has 0 saturated carbocycles. The number of carbonyl (C=O) groups is 2. The molecule has 0 radical (unpaired) electrons. The van der Waals surface area contributed by atoms with Crippen molar-refractivity contribution in [2.24, 2.45) is 5.73 Å². The quantitative estimate of drug-likeness (QED) is 0.292. The Balaban J connectivity index is 1.50. The molecule has 0 bridgehead atoms. The summed E-state index contributed by atoms with van der Waals surface area (Å²) in [4.78, 5) is 40.7. The molecule has 2 aromatic rings. The maximum Gasteiger partial charge on any atom is 0.410 e. The molecule has 3 rings (SSSR count). The summed E-state index contributed by atoms with van der Waals surface area (Å²) in [6.07, 6.45) is 5.81. The van der Waals surface area contributed by atoms with Crippen molar-refractivity contribution in [3.05, 3.63) is 41.8 Å². The molecular weight excluding hydrogens is 480 g/mol. The minimum Gasteiger partial charge on any atom is -0.444 e. The second kappa shape index (κ2) is 11.8. The normalized spacial score (nSPS) is 15.7. The van der Waals surface area contributed by atoms with E-state index < -0.39 is 17.7 Å². The van der Waals surface area contributed by atoms with Gasteiger partial charge in [0.15, 0.2) is 5.13 Å². The summed E-state index contributed by atoms with van der Waals surface area (Å²) in [5.41, 5.74) is 5.60. The van der Waals surface area contributed by atoms with Gasteiger partial charge in [-0.3, -0.25) is 9.69 Å². The van der Waals surface area contributed by atoms with Gasteiger partial charge in [-0.2, -0.15) is 0 Å². The number of anilines is 3. The number of carbonyl (C=O) groups excluding carboxylic acids is 2. The molecule has 1 fully saturated rings. The van der Waals surface area contributed by atoms with Crippen LogP contribution in [0.15, 0.2) is 31.1 Å². The van der Waals surface area contributed by atoms with Crippen LogP contribution in [0, 0.1) is 6.92 Å². The van der Waals surface area contributed by atoms with E-state index >= 15 is 0 Å². The average Bonchev–Trinajstić information content (AvgIpc) is 3.45. The highest BCUT2D eigenvalue weighted by atomic mass is 32.1. The molecule has 3 heterocycles. The number of likely N-dealkylation sites (tertiary alicyclic amines) is 1. The topological polar surface area (TPSA) is 147 Å². The van der Waals surface area contributed by atoms with E-state index in [2.05, 4.69) is 37.5 Å². The smallest absolute Gasteiger partial charge is 0.410 e. The number of hydrogen-bond acceptors (Lipinski definition) is 10. The number of hydrogen-bond donors (Lipinski definition) is 4. The van der Waals surface area contributed by atoms with Crippen LogP contribution in [0.25, 0.3) is 5.57 Å². The third-order valence-corrected chi connectivity index (χ3v) is 6.09. The van der Waals surface area contributed by atoms with Crippen LogP contribution < -0.4 is 21.7 Å². The van der Waals surface area contributed by atoms with Gasteiger partial charge in [-0.25, -0.2) is 19.7 Å². The van der Waals surface area contributed by atoms with Crippen LogP contribution in [0.3, 0.4) is 0 Å². The lowest BCUT2D eigenvalue weighted by Crippen LogP contribution is -2.48. The van der Waals surface area contributed by atoms with Gasteiger partial charge in [-0.15, -0.1) is 0 Å². The molecular formula is C24H34N8O3S. The molecule has 0 spiro atoms. The molecule has 12 heteroatoms. The first-order chi connectivity index (χ1) is 17.1. The fraction of sp³-hybridized carbons (Fsp3) is 0.458. The van der Waals surface area contributed by atoms with Crippen molar-refractivity contribution < 1.29 is 14.3 Å². The van der Waals surface area contributed by atoms with Crippen molar-refractivity contribution in [1.29, 1.82) is 0 Å². The molecule has 0 aromatic carbocycles. The molecule has 11 nitrogen and oxygen atoms in total. The summed E-state index contributed by atoms with van der Waals surface area (Å²) in [7, 11) is 0. The molecule has 1 atom stereocenters. The lowest BCUT2D eigenvalue weighted by atomic mass is 10.2. The first kappa shape index (κ1) is 26.9. The number of nitrogens with one attached hydrogen (secondary N) is 3. The standard InChI is InChI=1S/C24H34N8O3S/c1-15(8-9-25)18-14-28-22(36-18)31-20-13-19(29-16(2)30-20)26-10-11-27-21(33)17-7-6-12-32(17)23(34)35-24(3,4)5/h8-9,13-14,17H,1,6-7,10-12,25H2,2-5H3,(H,27,33)(H2,26,28,29,30,31)/b9-8-/t17-/m0/s1. The van der Waals surface area contributed by atoms with Crippen molar-refractivity contribution in [2.75, 3.05) is 30.3 Å². The molecule has 2 amide bonds. The Kier molecular flexibility index (Phi) is 8.86. The van der Waals surface area contributed by atoms with E-state index in [1.165, 1.54) is 22.4 Å². The fourth-order valence-corrected chi connectivity index (χ4v) is 4.36. The lowest BCUT2D eigenvalue weighted by Gasteiger charge is -2.28. The minimum absolute atomic E-state index is 0.188. The summed E-state index contributed by atoms with van der Waals surface area (Å²) in [6.45, 7) is 12.5. The highest BCUT2D eigenvalue weighted by Crippen LogP contribution is 2.27. The number of nitrogens with two attached hydrogens (primary N) is 1. The monoisotopic (exact) mass is 514 g/mol. The van der Waals surface area contributed by atoms with Gasteiger partial charge in [0.05, 0.1) is 4.88 Å². The maximum atomic E-state index is 12.7. The SMILES string of the molecule is C=C(/C=C\N)c1cnc(Nc2cc(NCCNC(=O)[C@@H]3CCCN3C(=O)OC(C)(C)C)nc(C)n2)s1. The molecule has 194 valence electrons. The Hall–Kier alpha value is -3.67. The zero-order valence-electron chi connectivity index (χ0n) is 21.1. The Morgan fingerprint density at radius 1 is 1.31 bits per heavy atom. The van der Waals surface area contributed by atoms with Crippen LogP contribution in [-0.4, -0.2) is 63.1 Å². The van der Waals surface area contributed by atoms with Crippen molar-refractivity contribution in [2.45, 2.75) is 52.2 Å². The lowest BCUT2D eigenvalue weighted by molar-refractivity contribution is -0.125. The van der Waals surface area contributed by atoms with E-state index in [-0.39, 0.29) is 5.91 Å². The summed E-state index contributed by atoms with van der Waals surface area (Å²) >= 11 is 1.44. The Labute approximate surface area is 215 Å². The summed E-state index contributed by atoms with van der Waals surface area (Å²) in [6, 6.07) is 1.25. The molecule has 1 aliphatic heterocycles. The molecule has 36 heavy (non-hydrogen) atoms. The van der Waals surface area contributed by atoms with Gasteiger partial charge in [0, 0.05) is 31.9 Å². The second-order valence-corrected chi connectivity index (χ2v) is 10.3. The van der Waals surface area contributed by atoms with Gasteiger partial charge >= 0.3 is 6.09 Å². The van der Waals surface area contributed by atoms with E-state index in [1.807, 2.05) is 20.8 Å². The van der Waals surface area contributed by atoms with Crippen LogP contribution in [-0.2, 0) is 9.53 Å². The molecule has 1 aliphatic rings. The van der Waals surface area contributed by atoms with Crippen molar-refractivity contribution in [3.8, 4) is 0 Å². The van der Waals surface area contributed by atoms with E-state index in [1.54, 1.807) is 25.3 Å². The van der Waals surface area contributed by atoms with E-state index in [9.17, 15) is 9.59 Å². The zero-order valence-corrected chi connectivity index (χ0v) is 21.9. The first-order valence-corrected chi connectivity index (χ1v) is 12.5. The Bertz CT molecular complexity index is 1120. The van der Waals surface area contributed by atoms with Gasteiger partial charge < -0.3 is 26.4 Å². The first-order valence-electron chi connectivity index (χ1n) is 11.7. The van der Waals surface area contributed by atoms with E-state index in [0.717, 1.165) is 16.9 Å². The summed E-state index contributed by atoms with van der Waals surface area (Å²) in [5.74, 6) is 1.60. The molecule has 5 N–H and O–H groups in total. The van der Waals surface area contributed by atoms with E-state index in [4.69, 9.17) is 10.5 Å². The number of thiazole rings is 1. The minimum atomic E-state index is -0.605. The van der Waals surface area contributed by atoms with Crippen molar-refractivity contribution >= 4 is 45.7 Å². The zero-order chi connectivity index (χ0) is 26.3. The predicted molar refractivity (Wildman–Crippen MR) is 142 cm³/mol.